The topological polar surface area (TPSA) is 127 Å². The average Bonchev–Trinajstić information content (AvgIpc) is 3.13. The van der Waals surface area contributed by atoms with Crippen molar-refractivity contribution >= 4 is 27.5 Å². The van der Waals surface area contributed by atoms with Gasteiger partial charge in [-0.3, -0.25) is 9.59 Å². The van der Waals surface area contributed by atoms with E-state index in [2.05, 4.69) is 0 Å². The maximum Gasteiger partial charge on any atom is 0.295 e. The van der Waals surface area contributed by atoms with Crippen molar-refractivity contribution in [2.45, 2.75) is 24.3 Å². The van der Waals surface area contributed by atoms with E-state index in [4.69, 9.17) is 9.88 Å². The van der Waals surface area contributed by atoms with Gasteiger partial charge in [0.1, 0.15) is 11.5 Å². The standard InChI is InChI=1S/C27H26N2O6S/c1-2-35-21-12-10-20(11-13-21)25(30)23-24(19-6-4-3-5-7-19)29(27(32)26(23)31)17-16-18-8-14-22(15-9-18)36(28,33)34/h3-15,24,30H,2,16-17H2,1H3,(H2,28,33,34). The second-order valence-corrected chi connectivity index (χ2v) is 9.86. The van der Waals surface area contributed by atoms with Crippen LogP contribution >= 0.6 is 0 Å². The molecule has 0 aromatic heterocycles. The SMILES string of the molecule is CCOc1ccc(C(O)=C2C(=O)C(=O)N(CCc3ccc(S(N)(=O)=O)cc3)C2c2ccccc2)cc1. The normalized spacial score (nSPS) is 17.4. The van der Waals surface area contributed by atoms with Crippen LogP contribution in [0.3, 0.4) is 0 Å². The molecule has 1 heterocycles. The van der Waals surface area contributed by atoms with Crippen LogP contribution in [0.1, 0.15) is 29.7 Å². The summed E-state index contributed by atoms with van der Waals surface area (Å²) in [5.41, 5.74) is 1.87. The van der Waals surface area contributed by atoms with Gasteiger partial charge in [0.25, 0.3) is 11.7 Å². The molecular formula is C27H26N2O6S. The summed E-state index contributed by atoms with van der Waals surface area (Å²) in [7, 11) is -3.81. The molecule has 8 nitrogen and oxygen atoms in total. The Morgan fingerprint density at radius 3 is 2.19 bits per heavy atom. The molecule has 186 valence electrons. The number of aliphatic hydroxyl groups is 1. The molecule has 0 spiro atoms. The lowest BCUT2D eigenvalue weighted by Gasteiger charge is -2.25. The zero-order chi connectivity index (χ0) is 25.9. The van der Waals surface area contributed by atoms with Crippen LogP contribution in [0.5, 0.6) is 5.75 Å². The number of primary sulfonamides is 1. The Labute approximate surface area is 209 Å². The highest BCUT2D eigenvalue weighted by atomic mass is 32.2. The van der Waals surface area contributed by atoms with Gasteiger partial charge in [-0.2, -0.15) is 0 Å². The fourth-order valence-electron chi connectivity index (χ4n) is 4.22. The summed E-state index contributed by atoms with van der Waals surface area (Å²) in [4.78, 5) is 27.7. The maximum atomic E-state index is 13.1. The number of Topliss-reactive ketones (excluding diaryl/α,β-unsaturated/α-hetero) is 1. The molecule has 0 aliphatic carbocycles. The number of hydrogen-bond donors (Lipinski definition) is 2. The van der Waals surface area contributed by atoms with Crippen molar-refractivity contribution in [1.82, 2.24) is 4.90 Å². The van der Waals surface area contributed by atoms with Gasteiger partial charge in [-0.25, -0.2) is 13.6 Å². The predicted molar refractivity (Wildman–Crippen MR) is 135 cm³/mol. The van der Waals surface area contributed by atoms with E-state index in [0.29, 0.717) is 29.9 Å². The van der Waals surface area contributed by atoms with E-state index in [-0.39, 0.29) is 22.8 Å². The Bertz CT molecular complexity index is 1400. The number of ether oxygens (including phenoxy) is 1. The molecule has 1 aliphatic rings. The Balaban J connectivity index is 1.68. The molecule has 1 atom stereocenters. The number of aliphatic hydroxyl groups excluding tert-OH is 1. The Morgan fingerprint density at radius 1 is 0.972 bits per heavy atom. The summed E-state index contributed by atoms with van der Waals surface area (Å²) in [6, 6.07) is 21.0. The van der Waals surface area contributed by atoms with Gasteiger partial charge >= 0.3 is 0 Å². The largest absolute Gasteiger partial charge is 0.507 e. The molecule has 0 bridgehead atoms. The van der Waals surface area contributed by atoms with Crippen molar-refractivity contribution in [3.05, 3.63) is 101 Å². The number of likely N-dealkylation sites (tertiary alicyclic amines) is 1. The van der Waals surface area contributed by atoms with E-state index in [9.17, 15) is 23.1 Å². The smallest absolute Gasteiger partial charge is 0.295 e. The molecule has 3 aromatic carbocycles. The van der Waals surface area contributed by atoms with Crippen LogP contribution in [0.4, 0.5) is 0 Å². The van der Waals surface area contributed by atoms with Crippen LogP contribution in [0.15, 0.2) is 89.3 Å². The molecule has 1 amide bonds. The third-order valence-electron chi connectivity index (χ3n) is 5.99. The van der Waals surface area contributed by atoms with E-state index < -0.39 is 27.8 Å². The Hall–Kier alpha value is -3.95. The van der Waals surface area contributed by atoms with Crippen LogP contribution in [0.25, 0.3) is 5.76 Å². The molecular weight excluding hydrogens is 480 g/mol. The second-order valence-electron chi connectivity index (χ2n) is 8.30. The highest BCUT2D eigenvalue weighted by Crippen LogP contribution is 2.39. The number of carbonyl (C=O) groups excluding carboxylic acids is 2. The van der Waals surface area contributed by atoms with Crippen molar-refractivity contribution in [1.29, 1.82) is 0 Å². The van der Waals surface area contributed by atoms with Crippen LogP contribution < -0.4 is 9.88 Å². The molecule has 0 saturated carbocycles. The predicted octanol–water partition coefficient (Wildman–Crippen LogP) is 3.40. The van der Waals surface area contributed by atoms with Crippen molar-refractivity contribution in [2.24, 2.45) is 5.14 Å². The van der Waals surface area contributed by atoms with Crippen LogP contribution in [-0.2, 0) is 26.0 Å². The third-order valence-corrected chi connectivity index (χ3v) is 6.92. The number of sulfonamides is 1. The highest BCUT2D eigenvalue weighted by molar-refractivity contribution is 7.89. The maximum absolute atomic E-state index is 13.1. The average molecular weight is 507 g/mol. The summed E-state index contributed by atoms with van der Waals surface area (Å²) in [6.45, 7) is 2.54. The van der Waals surface area contributed by atoms with Crippen molar-refractivity contribution in [3.8, 4) is 5.75 Å². The fraction of sp³-hybridized carbons (Fsp3) is 0.185. The molecule has 4 rings (SSSR count). The molecule has 3 N–H and O–H groups in total. The molecule has 3 aromatic rings. The lowest BCUT2D eigenvalue weighted by Crippen LogP contribution is -2.31. The number of nitrogens with zero attached hydrogens (tertiary/aromatic N) is 1. The van der Waals surface area contributed by atoms with E-state index in [0.717, 1.165) is 5.56 Å². The summed E-state index contributed by atoms with van der Waals surface area (Å²) < 4.78 is 28.5. The van der Waals surface area contributed by atoms with E-state index in [1.807, 2.05) is 13.0 Å². The van der Waals surface area contributed by atoms with Crippen LogP contribution in [0.2, 0.25) is 0 Å². The van der Waals surface area contributed by atoms with Gasteiger partial charge in [0.15, 0.2) is 0 Å². The summed E-state index contributed by atoms with van der Waals surface area (Å²) in [5.74, 6) is -1.11. The van der Waals surface area contributed by atoms with Crippen molar-refractivity contribution < 1.29 is 27.9 Å². The molecule has 1 aliphatic heterocycles. The number of nitrogens with two attached hydrogens (primary N) is 1. The number of ketones is 1. The third kappa shape index (κ3) is 5.17. The summed E-state index contributed by atoms with van der Waals surface area (Å²) in [6.07, 6.45) is 0.365. The highest BCUT2D eigenvalue weighted by Gasteiger charge is 2.45. The molecule has 1 unspecified atom stereocenters. The van der Waals surface area contributed by atoms with Crippen molar-refractivity contribution in [3.63, 3.8) is 0 Å². The molecule has 1 fully saturated rings. The fourth-order valence-corrected chi connectivity index (χ4v) is 4.73. The summed E-state index contributed by atoms with van der Waals surface area (Å²) >= 11 is 0. The zero-order valence-corrected chi connectivity index (χ0v) is 20.4. The van der Waals surface area contributed by atoms with Gasteiger partial charge in [-0.15, -0.1) is 0 Å². The number of rotatable bonds is 8. The molecule has 36 heavy (non-hydrogen) atoms. The lowest BCUT2D eigenvalue weighted by atomic mass is 9.95. The quantitative estimate of drug-likeness (QED) is 0.274. The van der Waals surface area contributed by atoms with E-state index in [1.54, 1.807) is 60.7 Å². The first-order chi connectivity index (χ1) is 17.2. The van der Waals surface area contributed by atoms with E-state index in [1.165, 1.54) is 17.0 Å². The van der Waals surface area contributed by atoms with Gasteiger partial charge in [-0.05, 0) is 60.9 Å². The monoisotopic (exact) mass is 506 g/mol. The zero-order valence-electron chi connectivity index (χ0n) is 19.6. The molecule has 0 radical (unpaired) electrons. The Morgan fingerprint density at radius 2 is 1.61 bits per heavy atom. The number of amides is 1. The van der Waals surface area contributed by atoms with Gasteiger partial charge in [0.05, 0.1) is 23.1 Å². The van der Waals surface area contributed by atoms with Gasteiger partial charge < -0.3 is 14.7 Å². The summed E-state index contributed by atoms with van der Waals surface area (Å²) in [5, 5.41) is 16.3. The Kier molecular flexibility index (Phi) is 7.23. The molecule has 1 saturated heterocycles. The first-order valence-electron chi connectivity index (χ1n) is 11.4. The van der Waals surface area contributed by atoms with Gasteiger partial charge in [0.2, 0.25) is 10.0 Å². The van der Waals surface area contributed by atoms with Crippen LogP contribution in [-0.4, -0.2) is 43.3 Å². The number of benzene rings is 3. The second kappa shape index (κ2) is 10.3. The first-order valence-corrected chi connectivity index (χ1v) is 12.9. The van der Waals surface area contributed by atoms with Gasteiger partial charge in [0, 0.05) is 12.1 Å². The number of carbonyl (C=O) groups is 2. The van der Waals surface area contributed by atoms with E-state index >= 15 is 0 Å². The molecule has 9 heteroatoms. The van der Waals surface area contributed by atoms with Crippen LogP contribution in [0, 0.1) is 0 Å². The number of hydrogen-bond acceptors (Lipinski definition) is 6. The van der Waals surface area contributed by atoms with Crippen molar-refractivity contribution in [2.75, 3.05) is 13.2 Å². The lowest BCUT2D eigenvalue weighted by molar-refractivity contribution is -0.139. The first kappa shape index (κ1) is 25.2. The minimum absolute atomic E-state index is 0.00802. The van der Waals surface area contributed by atoms with Gasteiger partial charge in [-0.1, -0.05) is 42.5 Å². The minimum atomic E-state index is -3.81. The minimum Gasteiger partial charge on any atom is -0.507 e.